The SMILES string of the molecule is CN1CCCCCCCCCCCCCCCC1. The molecule has 0 radical (unpaired) electrons. The van der Waals surface area contributed by atoms with Gasteiger partial charge in [0.25, 0.3) is 0 Å². The summed E-state index contributed by atoms with van der Waals surface area (Å²) in [5.74, 6) is 0. The summed E-state index contributed by atoms with van der Waals surface area (Å²) in [4.78, 5) is 2.54. The Labute approximate surface area is 115 Å². The molecule has 0 bridgehead atoms. The van der Waals surface area contributed by atoms with Crippen LogP contribution in [-0.4, -0.2) is 25.0 Å². The van der Waals surface area contributed by atoms with Crippen LogP contribution in [0.2, 0.25) is 0 Å². The van der Waals surface area contributed by atoms with Crippen molar-refractivity contribution in [2.45, 2.75) is 89.9 Å². The van der Waals surface area contributed by atoms with E-state index in [0.29, 0.717) is 0 Å². The lowest BCUT2D eigenvalue weighted by atomic mass is 10.0. The Balaban J connectivity index is 2.09. The predicted molar refractivity (Wildman–Crippen MR) is 82.1 cm³/mol. The molecule has 0 spiro atoms. The molecule has 0 aliphatic carbocycles. The van der Waals surface area contributed by atoms with Gasteiger partial charge in [-0.25, -0.2) is 0 Å². The molecule has 0 aromatic rings. The van der Waals surface area contributed by atoms with Crippen LogP contribution in [0.4, 0.5) is 0 Å². The highest BCUT2D eigenvalue weighted by Gasteiger charge is 1.99. The molecule has 1 aliphatic heterocycles. The first-order valence-electron chi connectivity index (χ1n) is 8.58. The Morgan fingerprint density at radius 3 is 0.889 bits per heavy atom. The maximum absolute atomic E-state index is 2.54. The van der Waals surface area contributed by atoms with E-state index in [-0.39, 0.29) is 0 Å². The van der Waals surface area contributed by atoms with Gasteiger partial charge in [-0.3, -0.25) is 0 Å². The lowest BCUT2D eigenvalue weighted by molar-refractivity contribution is 0.314. The second-order valence-corrected chi connectivity index (χ2v) is 6.25. The molecular weight excluding hydrogens is 218 g/mol. The van der Waals surface area contributed by atoms with E-state index < -0.39 is 0 Å². The zero-order valence-corrected chi connectivity index (χ0v) is 12.8. The molecule has 0 aromatic carbocycles. The molecule has 0 atom stereocenters. The molecule has 108 valence electrons. The third kappa shape index (κ3) is 9.94. The van der Waals surface area contributed by atoms with E-state index in [1.807, 2.05) is 0 Å². The van der Waals surface area contributed by atoms with Gasteiger partial charge in [-0.05, 0) is 33.0 Å². The van der Waals surface area contributed by atoms with Crippen LogP contribution in [0.1, 0.15) is 89.9 Å². The van der Waals surface area contributed by atoms with Gasteiger partial charge in [-0.1, -0.05) is 77.0 Å². The van der Waals surface area contributed by atoms with E-state index in [1.54, 1.807) is 0 Å². The van der Waals surface area contributed by atoms with Gasteiger partial charge in [0.15, 0.2) is 0 Å². The molecule has 0 unspecified atom stereocenters. The van der Waals surface area contributed by atoms with Crippen molar-refractivity contribution in [1.29, 1.82) is 0 Å². The van der Waals surface area contributed by atoms with E-state index in [2.05, 4.69) is 11.9 Å². The lowest BCUT2D eigenvalue weighted by Gasteiger charge is -2.16. The minimum Gasteiger partial charge on any atom is -0.306 e. The van der Waals surface area contributed by atoms with Crippen LogP contribution in [0.3, 0.4) is 0 Å². The van der Waals surface area contributed by atoms with Crippen molar-refractivity contribution in [2.24, 2.45) is 0 Å². The van der Waals surface area contributed by atoms with Crippen molar-refractivity contribution in [2.75, 3.05) is 20.1 Å². The molecule has 1 rings (SSSR count). The normalized spacial score (nSPS) is 24.5. The van der Waals surface area contributed by atoms with E-state index in [4.69, 9.17) is 0 Å². The van der Waals surface area contributed by atoms with Crippen LogP contribution in [0.15, 0.2) is 0 Å². The summed E-state index contributed by atoms with van der Waals surface area (Å²) in [6.07, 6.45) is 20.5. The fraction of sp³-hybridized carbons (Fsp3) is 1.00. The number of rotatable bonds is 0. The molecule has 1 heterocycles. The third-order valence-corrected chi connectivity index (χ3v) is 4.33. The predicted octanol–water partition coefficient (Wildman–Crippen LogP) is 5.39. The van der Waals surface area contributed by atoms with Crippen molar-refractivity contribution in [3.63, 3.8) is 0 Å². The molecule has 1 aliphatic rings. The first-order chi connectivity index (χ1) is 8.89. The van der Waals surface area contributed by atoms with Crippen molar-refractivity contribution in [3.8, 4) is 0 Å². The summed E-state index contributed by atoms with van der Waals surface area (Å²) in [6, 6.07) is 0. The Hall–Kier alpha value is -0.0400. The fourth-order valence-electron chi connectivity index (χ4n) is 3.00. The minimum atomic E-state index is 1.32. The highest BCUT2D eigenvalue weighted by Crippen LogP contribution is 2.13. The fourth-order valence-corrected chi connectivity index (χ4v) is 3.00. The molecule has 1 saturated heterocycles. The summed E-state index contributed by atoms with van der Waals surface area (Å²) in [5.41, 5.74) is 0. The second kappa shape index (κ2) is 12.0. The van der Waals surface area contributed by atoms with Gasteiger partial charge in [0.1, 0.15) is 0 Å². The Morgan fingerprint density at radius 2 is 0.611 bits per heavy atom. The van der Waals surface area contributed by atoms with E-state index in [9.17, 15) is 0 Å². The van der Waals surface area contributed by atoms with Gasteiger partial charge < -0.3 is 4.90 Å². The van der Waals surface area contributed by atoms with Crippen molar-refractivity contribution in [1.82, 2.24) is 4.90 Å². The van der Waals surface area contributed by atoms with Crippen molar-refractivity contribution >= 4 is 0 Å². The first kappa shape index (κ1) is 16.0. The smallest absolute Gasteiger partial charge is 0.00218 e. The van der Waals surface area contributed by atoms with Crippen LogP contribution >= 0.6 is 0 Å². The van der Waals surface area contributed by atoms with Gasteiger partial charge >= 0.3 is 0 Å². The van der Waals surface area contributed by atoms with Crippen LogP contribution in [0.25, 0.3) is 0 Å². The Morgan fingerprint density at radius 1 is 0.389 bits per heavy atom. The van der Waals surface area contributed by atoms with Crippen molar-refractivity contribution < 1.29 is 0 Å². The zero-order valence-electron chi connectivity index (χ0n) is 12.8. The average molecular weight is 253 g/mol. The standard InChI is InChI=1S/C17H35N/c1-18-16-14-12-10-8-6-4-2-3-5-7-9-11-13-15-17-18/h2-17H2,1H3. The minimum absolute atomic E-state index is 1.32. The van der Waals surface area contributed by atoms with Gasteiger partial charge in [0, 0.05) is 0 Å². The molecule has 1 heteroatoms. The van der Waals surface area contributed by atoms with Crippen LogP contribution in [-0.2, 0) is 0 Å². The average Bonchev–Trinajstić information content (AvgIpc) is 2.37. The molecule has 0 aromatic heterocycles. The number of nitrogens with zero attached hydrogens (tertiary/aromatic N) is 1. The lowest BCUT2D eigenvalue weighted by Crippen LogP contribution is -2.20. The molecular formula is C17H35N. The quantitative estimate of drug-likeness (QED) is 0.559. The van der Waals surface area contributed by atoms with Crippen LogP contribution in [0.5, 0.6) is 0 Å². The highest BCUT2D eigenvalue weighted by atomic mass is 15.1. The third-order valence-electron chi connectivity index (χ3n) is 4.33. The summed E-state index contributed by atoms with van der Waals surface area (Å²) >= 11 is 0. The molecule has 0 amide bonds. The molecule has 1 nitrogen and oxygen atoms in total. The van der Waals surface area contributed by atoms with Crippen molar-refractivity contribution in [3.05, 3.63) is 0 Å². The maximum atomic E-state index is 2.54. The summed E-state index contributed by atoms with van der Waals surface area (Å²) < 4.78 is 0. The topological polar surface area (TPSA) is 3.24 Å². The van der Waals surface area contributed by atoms with Gasteiger partial charge in [0.05, 0.1) is 0 Å². The summed E-state index contributed by atoms with van der Waals surface area (Å²) in [6.45, 7) is 2.64. The van der Waals surface area contributed by atoms with Gasteiger partial charge in [0.2, 0.25) is 0 Å². The van der Waals surface area contributed by atoms with Gasteiger partial charge in [-0.15, -0.1) is 0 Å². The summed E-state index contributed by atoms with van der Waals surface area (Å²) in [5, 5.41) is 0. The van der Waals surface area contributed by atoms with Gasteiger partial charge in [-0.2, -0.15) is 0 Å². The zero-order chi connectivity index (χ0) is 12.9. The molecule has 18 heavy (non-hydrogen) atoms. The molecule has 0 N–H and O–H groups in total. The summed E-state index contributed by atoms with van der Waals surface area (Å²) in [7, 11) is 2.30. The molecule has 1 fully saturated rings. The Kier molecular flexibility index (Phi) is 10.7. The Bertz CT molecular complexity index is 149. The number of hydrogen-bond acceptors (Lipinski definition) is 1. The van der Waals surface area contributed by atoms with E-state index >= 15 is 0 Å². The second-order valence-electron chi connectivity index (χ2n) is 6.25. The molecule has 0 saturated carbocycles. The van der Waals surface area contributed by atoms with Crippen LogP contribution < -0.4 is 0 Å². The largest absolute Gasteiger partial charge is 0.306 e. The van der Waals surface area contributed by atoms with Crippen LogP contribution in [0, 0.1) is 0 Å². The van der Waals surface area contributed by atoms with E-state index in [1.165, 1.54) is 103 Å². The number of hydrogen-bond donors (Lipinski definition) is 0. The highest BCUT2D eigenvalue weighted by molar-refractivity contribution is 4.55. The first-order valence-corrected chi connectivity index (χ1v) is 8.58. The van der Waals surface area contributed by atoms with E-state index in [0.717, 1.165) is 0 Å². The maximum Gasteiger partial charge on any atom is -0.00218 e. The monoisotopic (exact) mass is 253 g/mol.